The van der Waals surface area contributed by atoms with Crippen molar-refractivity contribution in [1.29, 1.82) is 0 Å². The fourth-order valence-corrected chi connectivity index (χ4v) is 4.88. The van der Waals surface area contributed by atoms with E-state index in [2.05, 4.69) is 0 Å². The molecular weight excluding hydrogens is 355 g/mol. The fourth-order valence-electron chi connectivity index (χ4n) is 4.62. The molecule has 128 valence electrons. The number of benzene rings is 2. The van der Waals surface area contributed by atoms with E-state index in [1.807, 2.05) is 0 Å². The van der Waals surface area contributed by atoms with E-state index in [-0.39, 0.29) is 23.4 Å². The van der Waals surface area contributed by atoms with Gasteiger partial charge in [-0.25, -0.2) is 0 Å². The first-order chi connectivity index (χ1) is 12.1. The number of hydrogen-bond donors (Lipinski definition) is 0. The Kier molecular flexibility index (Phi) is 4.43. The molecule has 2 aliphatic rings. The normalized spacial score (nSPS) is 27.4. The first-order valence-corrected chi connectivity index (χ1v) is 9.41. The summed E-state index contributed by atoms with van der Waals surface area (Å²) in [4.78, 5) is 26.1. The van der Waals surface area contributed by atoms with Crippen LogP contribution in [0.3, 0.4) is 0 Å². The molecule has 0 aliphatic heterocycles. The van der Waals surface area contributed by atoms with Gasteiger partial charge in [-0.2, -0.15) is 0 Å². The highest BCUT2D eigenvalue weighted by atomic mass is 35.5. The molecule has 25 heavy (non-hydrogen) atoms. The largest absolute Gasteiger partial charge is 0.294 e. The second-order valence-corrected chi connectivity index (χ2v) is 7.93. The van der Waals surface area contributed by atoms with Crippen molar-refractivity contribution in [2.45, 2.75) is 19.3 Å². The molecule has 0 unspecified atom stereocenters. The highest BCUT2D eigenvalue weighted by Gasteiger charge is 2.58. The van der Waals surface area contributed by atoms with Crippen molar-refractivity contribution in [3.05, 3.63) is 69.7 Å². The maximum Gasteiger partial charge on any atom is 0.166 e. The topological polar surface area (TPSA) is 34.1 Å². The van der Waals surface area contributed by atoms with Crippen LogP contribution in [0.15, 0.2) is 48.5 Å². The van der Waals surface area contributed by atoms with Crippen LogP contribution >= 0.6 is 23.2 Å². The van der Waals surface area contributed by atoms with Crippen LogP contribution in [0.1, 0.15) is 40.0 Å². The van der Waals surface area contributed by atoms with Gasteiger partial charge in [0.2, 0.25) is 0 Å². The molecule has 2 nitrogen and oxygen atoms in total. The lowest BCUT2D eigenvalue weighted by Gasteiger charge is -2.47. The van der Waals surface area contributed by atoms with E-state index in [1.165, 1.54) is 0 Å². The number of ketones is 2. The van der Waals surface area contributed by atoms with E-state index in [9.17, 15) is 9.59 Å². The highest BCUT2D eigenvalue weighted by Crippen LogP contribution is 2.57. The SMILES string of the molecule is O=C(c1ccc(Cl)cc1)[C@H]1[C@@H]2CCC[C@@H]2[C@@H]1C(=O)c1ccc(Cl)cc1. The van der Waals surface area contributed by atoms with Crippen LogP contribution in [-0.2, 0) is 0 Å². The summed E-state index contributed by atoms with van der Waals surface area (Å²) in [5, 5.41) is 1.22. The Labute approximate surface area is 157 Å². The molecular formula is C21H18Cl2O2. The summed E-state index contributed by atoms with van der Waals surface area (Å²) in [5.74, 6) is 0.404. The molecule has 0 aromatic heterocycles. The second kappa shape index (κ2) is 6.59. The van der Waals surface area contributed by atoms with E-state index < -0.39 is 0 Å². The average molecular weight is 373 g/mol. The van der Waals surface area contributed by atoms with Crippen LogP contribution in [0.5, 0.6) is 0 Å². The number of carbonyl (C=O) groups is 2. The molecule has 2 saturated carbocycles. The van der Waals surface area contributed by atoms with E-state index in [0.29, 0.717) is 33.0 Å². The molecule has 2 aromatic rings. The molecule has 0 spiro atoms. The molecule has 2 fully saturated rings. The van der Waals surface area contributed by atoms with Crippen molar-refractivity contribution in [1.82, 2.24) is 0 Å². The lowest BCUT2D eigenvalue weighted by atomic mass is 9.54. The monoisotopic (exact) mass is 372 g/mol. The predicted molar refractivity (Wildman–Crippen MR) is 99.4 cm³/mol. The average Bonchev–Trinajstić information content (AvgIpc) is 2.99. The number of halogens is 2. The summed E-state index contributed by atoms with van der Waals surface area (Å²) in [7, 11) is 0. The minimum absolute atomic E-state index is 0.0760. The zero-order valence-electron chi connectivity index (χ0n) is 13.6. The summed E-state index contributed by atoms with van der Waals surface area (Å²) in [6, 6.07) is 14.0. The van der Waals surface area contributed by atoms with Crippen LogP contribution in [0.2, 0.25) is 10.0 Å². The summed E-state index contributed by atoms with van der Waals surface area (Å²) in [6.45, 7) is 0. The van der Waals surface area contributed by atoms with Gasteiger partial charge in [-0.3, -0.25) is 9.59 Å². The van der Waals surface area contributed by atoms with Crippen LogP contribution in [0.25, 0.3) is 0 Å². The second-order valence-electron chi connectivity index (χ2n) is 7.05. The molecule has 4 heteroatoms. The molecule has 0 amide bonds. The van der Waals surface area contributed by atoms with E-state index in [0.717, 1.165) is 19.3 Å². The molecule has 0 bridgehead atoms. The smallest absolute Gasteiger partial charge is 0.166 e. The molecule has 0 N–H and O–H groups in total. The maximum absolute atomic E-state index is 13.1. The Bertz CT molecular complexity index is 741. The molecule has 0 heterocycles. The summed E-state index contributed by atoms with van der Waals surface area (Å²) in [6.07, 6.45) is 3.18. The van der Waals surface area contributed by atoms with Gasteiger partial charge in [-0.15, -0.1) is 0 Å². The van der Waals surface area contributed by atoms with E-state index in [1.54, 1.807) is 48.5 Å². The summed E-state index contributed by atoms with van der Waals surface area (Å²) < 4.78 is 0. The summed E-state index contributed by atoms with van der Waals surface area (Å²) in [5.41, 5.74) is 1.29. The van der Waals surface area contributed by atoms with E-state index in [4.69, 9.17) is 23.2 Å². The number of rotatable bonds is 4. The molecule has 2 aliphatic carbocycles. The van der Waals surface area contributed by atoms with Crippen molar-refractivity contribution in [3.8, 4) is 0 Å². The number of carbonyl (C=O) groups excluding carboxylic acids is 2. The Balaban J connectivity index is 1.63. The third kappa shape index (κ3) is 2.92. The van der Waals surface area contributed by atoms with Gasteiger partial charge in [0.25, 0.3) is 0 Å². The molecule has 0 saturated heterocycles. The van der Waals surface area contributed by atoms with Gasteiger partial charge in [-0.1, -0.05) is 29.6 Å². The number of Topliss-reactive ketones (excluding diaryl/α,β-unsaturated/α-hetero) is 2. The minimum atomic E-state index is -0.211. The fraction of sp³-hybridized carbons (Fsp3) is 0.333. The molecule has 0 radical (unpaired) electrons. The van der Waals surface area contributed by atoms with E-state index >= 15 is 0 Å². The third-order valence-electron chi connectivity index (χ3n) is 5.80. The van der Waals surface area contributed by atoms with Crippen LogP contribution < -0.4 is 0 Å². The highest BCUT2D eigenvalue weighted by molar-refractivity contribution is 6.31. The first kappa shape index (κ1) is 16.8. The van der Waals surface area contributed by atoms with Crippen molar-refractivity contribution in [2.24, 2.45) is 23.7 Å². The van der Waals surface area contributed by atoms with Crippen molar-refractivity contribution < 1.29 is 9.59 Å². The zero-order valence-corrected chi connectivity index (χ0v) is 15.1. The summed E-state index contributed by atoms with van der Waals surface area (Å²) >= 11 is 11.9. The maximum atomic E-state index is 13.1. The third-order valence-corrected chi connectivity index (χ3v) is 6.30. The van der Waals surface area contributed by atoms with Crippen LogP contribution in [0, 0.1) is 23.7 Å². The predicted octanol–water partition coefficient (Wildman–Crippen LogP) is 5.72. The molecule has 4 rings (SSSR count). The van der Waals surface area contributed by atoms with Gasteiger partial charge in [0.05, 0.1) is 0 Å². The first-order valence-electron chi connectivity index (χ1n) is 8.66. The lowest BCUT2D eigenvalue weighted by Crippen LogP contribution is -2.51. The van der Waals surface area contributed by atoms with Crippen LogP contribution in [0.4, 0.5) is 0 Å². The quantitative estimate of drug-likeness (QED) is 0.642. The van der Waals surface area contributed by atoms with Crippen molar-refractivity contribution in [3.63, 3.8) is 0 Å². The Morgan fingerprint density at radius 2 is 1.04 bits per heavy atom. The van der Waals surface area contributed by atoms with Gasteiger partial charge < -0.3 is 0 Å². The number of hydrogen-bond acceptors (Lipinski definition) is 2. The van der Waals surface area contributed by atoms with Gasteiger partial charge in [-0.05, 0) is 73.2 Å². The molecule has 4 atom stereocenters. The minimum Gasteiger partial charge on any atom is -0.294 e. The standard InChI is InChI=1S/C21H18Cl2O2/c22-14-8-4-12(5-9-14)20(24)18-16-2-1-3-17(16)19(18)21(25)13-6-10-15(23)11-7-13/h4-11,16-19H,1-3H2/t16-,17+,18-,19-/m0/s1. The number of fused-ring (bicyclic) bond motifs is 1. The lowest BCUT2D eigenvalue weighted by molar-refractivity contribution is 0.0130. The Hall–Kier alpha value is -1.64. The van der Waals surface area contributed by atoms with Crippen molar-refractivity contribution in [2.75, 3.05) is 0 Å². The Morgan fingerprint density at radius 3 is 1.40 bits per heavy atom. The van der Waals surface area contributed by atoms with Crippen molar-refractivity contribution >= 4 is 34.8 Å². The Morgan fingerprint density at radius 1 is 0.680 bits per heavy atom. The molecule has 2 aromatic carbocycles. The van der Waals surface area contributed by atoms with Gasteiger partial charge >= 0.3 is 0 Å². The zero-order chi connectivity index (χ0) is 17.6. The van der Waals surface area contributed by atoms with Gasteiger partial charge in [0.15, 0.2) is 11.6 Å². The van der Waals surface area contributed by atoms with Gasteiger partial charge in [0.1, 0.15) is 0 Å². The van der Waals surface area contributed by atoms with Crippen LogP contribution in [-0.4, -0.2) is 11.6 Å². The van der Waals surface area contributed by atoms with Gasteiger partial charge in [0, 0.05) is 33.0 Å².